The molecular weight excluding hydrogens is 336 g/mol. The first-order valence-corrected chi connectivity index (χ1v) is 10.9. The molecule has 3 rings (SSSR count). The highest BCUT2D eigenvalue weighted by atomic mass is 32.2. The summed E-state index contributed by atoms with van der Waals surface area (Å²) in [6.07, 6.45) is 8.59. The molecule has 1 heterocycles. The van der Waals surface area contributed by atoms with E-state index < -0.39 is 10.0 Å². The molecule has 2 aliphatic rings. The van der Waals surface area contributed by atoms with Gasteiger partial charge in [-0.05, 0) is 49.3 Å². The second kappa shape index (κ2) is 8.32. The highest BCUT2D eigenvalue weighted by molar-refractivity contribution is 7.89. The van der Waals surface area contributed by atoms with Gasteiger partial charge < -0.3 is 5.32 Å². The molecule has 1 N–H and O–H groups in total. The molecular formula is C19H28N2O3S. The van der Waals surface area contributed by atoms with Crippen LogP contribution in [0.3, 0.4) is 0 Å². The van der Waals surface area contributed by atoms with Crippen molar-refractivity contribution < 1.29 is 13.2 Å². The first-order valence-electron chi connectivity index (χ1n) is 9.41. The van der Waals surface area contributed by atoms with Crippen LogP contribution < -0.4 is 5.32 Å². The van der Waals surface area contributed by atoms with Crippen molar-refractivity contribution in [2.45, 2.75) is 62.8 Å². The Labute approximate surface area is 150 Å². The van der Waals surface area contributed by atoms with Crippen LogP contribution in [0.2, 0.25) is 0 Å². The summed E-state index contributed by atoms with van der Waals surface area (Å²) in [6, 6.07) is 6.89. The molecule has 1 saturated heterocycles. The highest BCUT2D eigenvalue weighted by Crippen LogP contribution is 2.26. The third-order valence-corrected chi connectivity index (χ3v) is 7.23. The van der Waals surface area contributed by atoms with Gasteiger partial charge in [0, 0.05) is 26.1 Å². The van der Waals surface area contributed by atoms with Crippen molar-refractivity contribution in [2.75, 3.05) is 13.1 Å². The zero-order valence-electron chi connectivity index (χ0n) is 14.7. The van der Waals surface area contributed by atoms with Crippen molar-refractivity contribution in [1.29, 1.82) is 0 Å². The maximum Gasteiger partial charge on any atom is 0.243 e. The molecule has 0 atom stereocenters. The van der Waals surface area contributed by atoms with Crippen LogP contribution in [0.15, 0.2) is 29.2 Å². The van der Waals surface area contributed by atoms with Crippen molar-refractivity contribution in [3.63, 3.8) is 0 Å². The average molecular weight is 365 g/mol. The SMILES string of the molecule is O=C(CC1CCCCC1)NCc1ccc(S(=O)(=O)N2CCCC2)cc1. The van der Waals surface area contributed by atoms with Gasteiger partial charge in [-0.1, -0.05) is 31.4 Å². The molecule has 0 aromatic heterocycles. The van der Waals surface area contributed by atoms with Gasteiger partial charge >= 0.3 is 0 Å². The van der Waals surface area contributed by atoms with Gasteiger partial charge in [-0.3, -0.25) is 4.79 Å². The number of sulfonamides is 1. The Morgan fingerprint density at radius 3 is 2.28 bits per heavy atom. The number of nitrogens with zero attached hydrogens (tertiary/aromatic N) is 1. The lowest BCUT2D eigenvalue weighted by Crippen LogP contribution is -2.28. The maximum absolute atomic E-state index is 12.5. The molecule has 138 valence electrons. The van der Waals surface area contributed by atoms with Crippen molar-refractivity contribution in [2.24, 2.45) is 5.92 Å². The quantitative estimate of drug-likeness (QED) is 0.844. The fraction of sp³-hybridized carbons (Fsp3) is 0.632. The number of benzene rings is 1. The molecule has 0 spiro atoms. The molecule has 0 radical (unpaired) electrons. The molecule has 0 bridgehead atoms. The smallest absolute Gasteiger partial charge is 0.243 e. The standard InChI is InChI=1S/C19H28N2O3S/c22-19(14-16-6-2-1-3-7-16)20-15-17-8-10-18(11-9-17)25(23,24)21-12-4-5-13-21/h8-11,16H,1-7,12-15H2,(H,20,22). The molecule has 1 aliphatic heterocycles. The molecule has 0 unspecified atom stereocenters. The summed E-state index contributed by atoms with van der Waals surface area (Å²) >= 11 is 0. The summed E-state index contributed by atoms with van der Waals surface area (Å²) in [6.45, 7) is 1.68. The Balaban J connectivity index is 1.51. The maximum atomic E-state index is 12.5. The van der Waals surface area contributed by atoms with Crippen LogP contribution in [0, 0.1) is 5.92 Å². The van der Waals surface area contributed by atoms with E-state index in [1.54, 1.807) is 28.6 Å². The predicted octanol–water partition coefficient (Wildman–Crippen LogP) is 3.06. The van der Waals surface area contributed by atoms with Crippen LogP contribution in [0.5, 0.6) is 0 Å². The van der Waals surface area contributed by atoms with Crippen LogP contribution in [-0.2, 0) is 21.4 Å². The summed E-state index contributed by atoms with van der Waals surface area (Å²) in [5.74, 6) is 0.627. The summed E-state index contributed by atoms with van der Waals surface area (Å²) in [5.41, 5.74) is 0.928. The summed E-state index contributed by atoms with van der Waals surface area (Å²) in [7, 11) is -3.36. The monoisotopic (exact) mass is 364 g/mol. The van der Waals surface area contributed by atoms with E-state index in [2.05, 4.69) is 5.32 Å². The second-order valence-corrected chi connectivity index (χ2v) is 9.18. The molecule has 6 heteroatoms. The molecule has 2 fully saturated rings. The summed E-state index contributed by atoms with van der Waals surface area (Å²) in [4.78, 5) is 12.4. The third kappa shape index (κ3) is 4.82. The van der Waals surface area contributed by atoms with E-state index in [0.29, 0.717) is 36.9 Å². The molecule has 1 saturated carbocycles. The van der Waals surface area contributed by atoms with E-state index in [1.807, 2.05) is 0 Å². The zero-order valence-corrected chi connectivity index (χ0v) is 15.6. The zero-order chi connectivity index (χ0) is 17.7. The lowest BCUT2D eigenvalue weighted by atomic mass is 9.87. The Morgan fingerprint density at radius 1 is 1.00 bits per heavy atom. The summed E-state index contributed by atoms with van der Waals surface area (Å²) in [5, 5.41) is 2.96. The normalized spacial score (nSPS) is 19.8. The summed E-state index contributed by atoms with van der Waals surface area (Å²) < 4.78 is 26.5. The number of nitrogens with one attached hydrogen (secondary N) is 1. The van der Waals surface area contributed by atoms with E-state index in [0.717, 1.165) is 31.2 Å². The van der Waals surface area contributed by atoms with Gasteiger partial charge in [0.15, 0.2) is 0 Å². The topological polar surface area (TPSA) is 66.5 Å². The van der Waals surface area contributed by atoms with E-state index in [-0.39, 0.29) is 5.91 Å². The molecule has 1 aromatic carbocycles. The highest BCUT2D eigenvalue weighted by Gasteiger charge is 2.26. The minimum atomic E-state index is -3.36. The van der Waals surface area contributed by atoms with E-state index in [9.17, 15) is 13.2 Å². The van der Waals surface area contributed by atoms with Gasteiger partial charge in [-0.15, -0.1) is 0 Å². The Bertz CT molecular complexity index is 673. The van der Waals surface area contributed by atoms with Crippen molar-refractivity contribution in [1.82, 2.24) is 9.62 Å². The Morgan fingerprint density at radius 2 is 1.64 bits per heavy atom. The number of amides is 1. The largest absolute Gasteiger partial charge is 0.352 e. The van der Waals surface area contributed by atoms with Gasteiger partial charge in [-0.2, -0.15) is 4.31 Å². The van der Waals surface area contributed by atoms with E-state index in [4.69, 9.17) is 0 Å². The minimum absolute atomic E-state index is 0.0978. The van der Waals surface area contributed by atoms with Crippen molar-refractivity contribution >= 4 is 15.9 Å². The number of carbonyl (C=O) groups excluding carboxylic acids is 1. The second-order valence-electron chi connectivity index (χ2n) is 7.24. The lowest BCUT2D eigenvalue weighted by molar-refractivity contribution is -0.122. The molecule has 1 amide bonds. The van der Waals surface area contributed by atoms with Gasteiger partial charge in [0.05, 0.1) is 4.90 Å². The molecule has 25 heavy (non-hydrogen) atoms. The average Bonchev–Trinajstić information content (AvgIpc) is 3.17. The molecule has 1 aliphatic carbocycles. The Kier molecular flexibility index (Phi) is 6.12. The number of hydrogen-bond acceptors (Lipinski definition) is 3. The first-order chi connectivity index (χ1) is 12.1. The van der Waals surface area contributed by atoms with Gasteiger partial charge in [0.1, 0.15) is 0 Å². The minimum Gasteiger partial charge on any atom is -0.352 e. The van der Waals surface area contributed by atoms with Crippen LogP contribution in [0.25, 0.3) is 0 Å². The van der Waals surface area contributed by atoms with Gasteiger partial charge in [-0.25, -0.2) is 8.42 Å². The van der Waals surface area contributed by atoms with Crippen molar-refractivity contribution in [3.05, 3.63) is 29.8 Å². The Hall–Kier alpha value is -1.40. The van der Waals surface area contributed by atoms with Crippen LogP contribution in [0.4, 0.5) is 0 Å². The van der Waals surface area contributed by atoms with Gasteiger partial charge in [0.2, 0.25) is 15.9 Å². The first kappa shape index (κ1) is 18.4. The van der Waals surface area contributed by atoms with Gasteiger partial charge in [0.25, 0.3) is 0 Å². The van der Waals surface area contributed by atoms with Crippen LogP contribution in [-0.4, -0.2) is 31.7 Å². The fourth-order valence-electron chi connectivity index (χ4n) is 3.78. The fourth-order valence-corrected chi connectivity index (χ4v) is 5.30. The molecule has 1 aromatic rings. The lowest BCUT2D eigenvalue weighted by Gasteiger charge is -2.20. The van der Waals surface area contributed by atoms with Crippen molar-refractivity contribution in [3.8, 4) is 0 Å². The number of carbonyl (C=O) groups is 1. The van der Waals surface area contributed by atoms with E-state index in [1.165, 1.54) is 19.3 Å². The number of hydrogen-bond donors (Lipinski definition) is 1. The predicted molar refractivity (Wildman–Crippen MR) is 97.5 cm³/mol. The molecule has 5 nitrogen and oxygen atoms in total. The van der Waals surface area contributed by atoms with E-state index >= 15 is 0 Å². The third-order valence-electron chi connectivity index (χ3n) is 5.31. The van der Waals surface area contributed by atoms with Crippen LogP contribution >= 0.6 is 0 Å². The number of rotatable bonds is 6. The van der Waals surface area contributed by atoms with Crippen LogP contribution in [0.1, 0.15) is 56.9 Å².